The van der Waals surface area contributed by atoms with Gasteiger partial charge in [0, 0.05) is 16.9 Å². The van der Waals surface area contributed by atoms with Crippen LogP contribution in [-0.2, 0) is 24.1 Å². The number of ketones is 1. The molecule has 0 aliphatic rings. The fourth-order valence-electron chi connectivity index (χ4n) is 3.82. The summed E-state index contributed by atoms with van der Waals surface area (Å²) in [5.74, 6) is 0.0457. The number of hydrogen-bond donors (Lipinski definition) is 2. The minimum absolute atomic E-state index is 0.0211. The minimum Gasteiger partial charge on any atom is -0.378 e. The second-order valence-corrected chi connectivity index (χ2v) is 8.25. The zero-order valence-electron chi connectivity index (χ0n) is 19.0. The maximum absolute atomic E-state index is 12.4. The van der Waals surface area contributed by atoms with Crippen LogP contribution in [0.4, 0.5) is 11.4 Å². The van der Waals surface area contributed by atoms with E-state index in [1.54, 1.807) is 0 Å². The van der Waals surface area contributed by atoms with Gasteiger partial charge >= 0.3 is 0 Å². The van der Waals surface area contributed by atoms with Gasteiger partial charge in [0.05, 0.1) is 13.0 Å². The molecule has 4 aromatic rings. The van der Waals surface area contributed by atoms with Crippen molar-refractivity contribution >= 4 is 23.1 Å². The maximum Gasteiger partial charge on any atom is 0.228 e. The molecular formula is C30H28N2O2. The van der Waals surface area contributed by atoms with Gasteiger partial charge in [-0.2, -0.15) is 0 Å². The number of amides is 1. The van der Waals surface area contributed by atoms with Crippen LogP contribution in [0.1, 0.15) is 27.0 Å². The third-order valence-electron chi connectivity index (χ3n) is 5.60. The van der Waals surface area contributed by atoms with E-state index in [2.05, 4.69) is 28.8 Å². The molecule has 0 unspecified atom stereocenters. The Morgan fingerprint density at radius 1 is 0.588 bits per heavy atom. The summed E-state index contributed by atoms with van der Waals surface area (Å²) < 4.78 is 0. The predicted molar refractivity (Wildman–Crippen MR) is 138 cm³/mol. The van der Waals surface area contributed by atoms with E-state index in [0.29, 0.717) is 12.0 Å². The van der Waals surface area contributed by atoms with Crippen molar-refractivity contribution in [3.8, 4) is 0 Å². The Labute approximate surface area is 200 Å². The minimum atomic E-state index is -0.0211. The third kappa shape index (κ3) is 6.91. The Morgan fingerprint density at radius 2 is 1.15 bits per heavy atom. The second kappa shape index (κ2) is 11.6. The molecule has 0 saturated carbocycles. The summed E-state index contributed by atoms with van der Waals surface area (Å²) in [6.07, 6.45) is 2.08. The van der Waals surface area contributed by atoms with E-state index in [9.17, 15) is 9.59 Å². The molecule has 0 heterocycles. The van der Waals surface area contributed by atoms with Crippen molar-refractivity contribution in [1.29, 1.82) is 0 Å². The molecule has 0 radical (unpaired) electrons. The molecular weight excluding hydrogens is 420 g/mol. The number of Topliss-reactive ketones (excluding diaryl/α,β-unsaturated/α-hetero) is 1. The van der Waals surface area contributed by atoms with E-state index >= 15 is 0 Å². The fourth-order valence-corrected chi connectivity index (χ4v) is 3.82. The van der Waals surface area contributed by atoms with Gasteiger partial charge in [-0.3, -0.25) is 9.59 Å². The average molecular weight is 449 g/mol. The molecule has 34 heavy (non-hydrogen) atoms. The van der Waals surface area contributed by atoms with Gasteiger partial charge in [-0.15, -0.1) is 0 Å². The standard InChI is InChI=1S/C30H28N2O2/c33-29(26-13-5-2-6-14-26)22-31-27-15-7-11-24(19-27)17-18-25-12-8-16-28(20-25)32-30(34)21-23-9-3-1-4-10-23/h1-16,19-20,31H,17-18,21-22H2,(H,32,34). The molecule has 0 aliphatic heterocycles. The Kier molecular flexibility index (Phi) is 7.86. The zero-order chi connectivity index (χ0) is 23.6. The highest BCUT2D eigenvalue weighted by molar-refractivity contribution is 5.98. The van der Waals surface area contributed by atoms with E-state index in [0.717, 1.165) is 35.3 Å². The number of carbonyl (C=O) groups is 2. The van der Waals surface area contributed by atoms with Crippen molar-refractivity contribution < 1.29 is 9.59 Å². The molecule has 0 fully saturated rings. The van der Waals surface area contributed by atoms with Crippen LogP contribution in [-0.4, -0.2) is 18.2 Å². The molecule has 4 nitrogen and oxygen atoms in total. The first-order valence-electron chi connectivity index (χ1n) is 11.5. The number of nitrogens with one attached hydrogen (secondary N) is 2. The Morgan fingerprint density at radius 3 is 1.82 bits per heavy atom. The van der Waals surface area contributed by atoms with Crippen molar-refractivity contribution in [3.05, 3.63) is 131 Å². The monoisotopic (exact) mass is 448 g/mol. The van der Waals surface area contributed by atoms with Crippen LogP contribution in [0.3, 0.4) is 0 Å². The van der Waals surface area contributed by atoms with E-state index in [-0.39, 0.29) is 18.2 Å². The lowest BCUT2D eigenvalue weighted by Crippen LogP contribution is -2.14. The topological polar surface area (TPSA) is 58.2 Å². The largest absolute Gasteiger partial charge is 0.378 e. The first kappa shape index (κ1) is 23.0. The van der Waals surface area contributed by atoms with Crippen LogP contribution in [0.15, 0.2) is 109 Å². The lowest BCUT2D eigenvalue weighted by molar-refractivity contribution is -0.115. The summed E-state index contributed by atoms with van der Waals surface area (Å²) in [6, 6.07) is 35.2. The highest BCUT2D eigenvalue weighted by atomic mass is 16.1. The average Bonchev–Trinajstić information content (AvgIpc) is 2.87. The Bertz CT molecular complexity index is 1240. The third-order valence-corrected chi connectivity index (χ3v) is 5.60. The first-order chi connectivity index (χ1) is 16.7. The second-order valence-electron chi connectivity index (χ2n) is 8.25. The van der Waals surface area contributed by atoms with Crippen molar-refractivity contribution in [2.24, 2.45) is 0 Å². The lowest BCUT2D eigenvalue weighted by Gasteiger charge is -2.10. The van der Waals surface area contributed by atoms with Crippen molar-refractivity contribution in [1.82, 2.24) is 0 Å². The fraction of sp³-hybridized carbons (Fsp3) is 0.133. The number of aryl methyl sites for hydroxylation is 2. The van der Waals surface area contributed by atoms with Crippen LogP contribution < -0.4 is 10.6 Å². The molecule has 170 valence electrons. The summed E-state index contributed by atoms with van der Waals surface area (Å²) in [4.78, 5) is 24.7. The Balaban J connectivity index is 1.29. The normalized spacial score (nSPS) is 10.5. The van der Waals surface area contributed by atoms with Crippen LogP contribution >= 0.6 is 0 Å². The maximum atomic E-state index is 12.4. The summed E-state index contributed by atoms with van der Waals surface area (Å²) >= 11 is 0. The van der Waals surface area contributed by atoms with E-state index in [4.69, 9.17) is 0 Å². The molecule has 4 heteroatoms. The Hall–Kier alpha value is -4.18. The number of anilines is 2. The quantitative estimate of drug-likeness (QED) is 0.295. The van der Waals surface area contributed by atoms with Gasteiger partial charge in [-0.25, -0.2) is 0 Å². The highest BCUT2D eigenvalue weighted by Crippen LogP contribution is 2.16. The molecule has 2 N–H and O–H groups in total. The molecule has 1 amide bonds. The van der Waals surface area contributed by atoms with Crippen LogP contribution in [0.25, 0.3) is 0 Å². The van der Waals surface area contributed by atoms with Gasteiger partial charge in [-0.1, -0.05) is 84.9 Å². The summed E-state index contributed by atoms with van der Waals surface area (Å²) in [5, 5.41) is 6.23. The zero-order valence-corrected chi connectivity index (χ0v) is 19.0. The van der Waals surface area contributed by atoms with Crippen molar-refractivity contribution in [2.75, 3.05) is 17.2 Å². The molecule has 0 aromatic heterocycles. The molecule has 4 aromatic carbocycles. The molecule has 4 rings (SSSR count). The number of rotatable bonds is 10. The SMILES string of the molecule is O=C(Cc1ccccc1)Nc1cccc(CCc2cccc(NCC(=O)c3ccccc3)c2)c1. The van der Waals surface area contributed by atoms with Gasteiger partial charge < -0.3 is 10.6 Å². The summed E-state index contributed by atoms with van der Waals surface area (Å²) in [7, 11) is 0. The van der Waals surface area contributed by atoms with E-state index in [1.165, 1.54) is 5.56 Å². The van der Waals surface area contributed by atoms with Crippen molar-refractivity contribution in [2.45, 2.75) is 19.3 Å². The highest BCUT2D eigenvalue weighted by Gasteiger charge is 2.07. The van der Waals surface area contributed by atoms with Gasteiger partial charge in [0.25, 0.3) is 0 Å². The molecule has 0 bridgehead atoms. The lowest BCUT2D eigenvalue weighted by atomic mass is 10.0. The predicted octanol–water partition coefficient (Wildman–Crippen LogP) is 5.95. The van der Waals surface area contributed by atoms with Crippen LogP contribution in [0.5, 0.6) is 0 Å². The number of benzene rings is 4. The number of carbonyl (C=O) groups excluding carboxylic acids is 2. The van der Waals surface area contributed by atoms with E-state index < -0.39 is 0 Å². The molecule has 0 aliphatic carbocycles. The van der Waals surface area contributed by atoms with Crippen LogP contribution in [0.2, 0.25) is 0 Å². The first-order valence-corrected chi connectivity index (χ1v) is 11.5. The van der Waals surface area contributed by atoms with Gasteiger partial charge in [0.2, 0.25) is 5.91 Å². The van der Waals surface area contributed by atoms with Crippen molar-refractivity contribution in [3.63, 3.8) is 0 Å². The molecule has 0 saturated heterocycles. The molecule has 0 spiro atoms. The molecule has 0 atom stereocenters. The summed E-state index contributed by atoms with van der Waals surface area (Å²) in [5.41, 5.74) is 5.81. The number of hydrogen-bond acceptors (Lipinski definition) is 3. The smallest absolute Gasteiger partial charge is 0.228 e. The van der Waals surface area contributed by atoms with Gasteiger partial charge in [-0.05, 0) is 53.8 Å². The van der Waals surface area contributed by atoms with Crippen LogP contribution in [0, 0.1) is 0 Å². The van der Waals surface area contributed by atoms with E-state index in [1.807, 2.05) is 91.0 Å². The van der Waals surface area contributed by atoms with Gasteiger partial charge in [0.1, 0.15) is 0 Å². The van der Waals surface area contributed by atoms with Gasteiger partial charge in [0.15, 0.2) is 5.78 Å². The summed E-state index contributed by atoms with van der Waals surface area (Å²) in [6.45, 7) is 0.262.